The van der Waals surface area contributed by atoms with Crippen LogP contribution in [0, 0.1) is 0 Å². The summed E-state index contributed by atoms with van der Waals surface area (Å²) in [5.41, 5.74) is 14.4. The fourth-order valence-corrected chi connectivity index (χ4v) is 33.8. The quantitative estimate of drug-likeness (QED) is 0.173. The van der Waals surface area contributed by atoms with Gasteiger partial charge in [0, 0.05) is 0 Å². The molecule has 0 aliphatic heterocycles. The average molecular weight is 729 g/mol. The van der Waals surface area contributed by atoms with E-state index >= 15 is 0 Å². The molecule has 7 rings (SSSR count). The SMILES string of the molecule is CC(C)c1cccc(-c2cccc3c2C=C[CH]3[Hf]([CH3])([CH3])(=[C]2CCC2)[CH]2C=Cc3c(-c4cccc(C(C)C)c4)cccc32)c1. The van der Waals surface area contributed by atoms with Crippen molar-refractivity contribution in [2.24, 2.45) is 0 Å². The molecule has 1 fully saturated rings. The summed E-state index contributed by atoms with van der Waals surface area (Å²) in [6.45, 7) is 9.17. The molecular weight excluding hydrogens is 683 g/mol. The van der Waals surface area contributed by atoms with E-state index in [1.54, 1.807) is 11.1 Å². The summed E-state index contributed by atoms with van der Waals surface area (Å²) in [4.78, 5) is 0. The Morgan fingerprint density at radius 2 is 1.02 bits per heavy atom. The molecule has 0 N–H and O–H groups in total. The fourth-order valence-electron chi connectivity index (χ4n) is 8.63. The van der Waals surface area contributed by atoms with Crippen molar-refractivity contribution in [3.8, 4) is 22.3 Å². The predicted molar refractivity (Wildman–Crippen MR) is 186 cm³/mol. The van der Waals surface area contributed by atoms with Crippen molar-refractivity contribution in [1.82, 2.24) is 0 Å². The second-order valence-corrected chi connectivity index (χ2v) is 40.7. The van der Waals surface area contributed by atoms with Gasteiger partial charge in [-0.3, -0.25) is 0 Å². The summed E-state index contributed by atoms with van der Waals surface area (Å²) in [5.74, 6) is 1.06. The third-order valence-electron chi connectivity index (χ3n) is 11.6. The number of benzene rings is 4. The van der Waals surface area contributed by atoms with Crippen molar-refractivity contribution in [2.75, 3.05) is 0 Å². The Morgan fingerprint density at radius 3 is 1.42 bits per heavy atom. The van der Waals surface area contributed by atoms with E-state index in [1.165, 1.54) is 63.8 Å². The Kier molecular flexibility index (Phi) is 7.13. The summed E-state index contributed by atoms with van der Waals surface area (Å²) in [7, 11) is 0. The van der Waals surface area contributed by atoms with Gasteiger partial charge in [-0.05, 0) is 0 Å². The summed E-state index contributed by atoms with van der Waals surface area (Å²) >= 11 is -3.86. The molecule has 3 aliphatic carbocycles. The first-order valence-electron chi connectivity index (χ1n) is 16.5. The van der Waals surface area contributed by atoms with Crippen LogP contribution < -0.4 is 0 Å². The summed E-state index contributed by atoms with van der Waals surface area (Å²) < 4.78 is 8.64. The molecular formula is C42H46Hf. The molecule has 4 aromatic rings. The van der Waals surface area contributed by atoms with Crippen molar-refractivity contribution >= 4 is 15.4 Å². The van der Waals surface area contributed by atoms with Gasteiger partial charge in [-0.25, -0.2) is 0 Å². The molecule has 0 amide bonds. The molecule has 1 heteroatoms. The molecule has 0 aromatic heterocycles. The van der Waals surface area contributed by atoms with Crippen LogP contribution in [0.15, 0.2) is 97.1 Å². The van der Waals surface area contributed by atoms with Gasteiger partial charge in [0.05, 0.1) is 0 Å². The topological polar surface area (TPSA) is 0 Å². The zero-order valence-electron chi connectivity index (χ0n) is 26.8. The summed E-state index contributed by atoms with van der Waals surface area (Å²) in [6, 6.07) is 32.8. The fraction of sp³-hybridized carbons (Fsp3) is 0.310. The standard InChI is InChI=1S/2C18H17.C4H6.2CH3.Hf/c2*1-13(2)15-8-3-9-16(12-15)18-11-5-7-14-6-4-10-17(14)18;1-2-4-3-1;;;/h2*3-13H,1-2H3;1-3H2;2*1H3;. The van der Waals surface area contributed by atoms with Crippen LogP contribution in [0.3, 0.4) is 0 Å². The maximum absolute atomic E-state index is 3.86. The Bertz CT molecular complexity index is 1740. The van der Waals surface area contributed by atoms with Gasteiger partial charge in [0.1, 0.15) is 0 Å². The monoisotopic (exact) mass is 730 g/mol. The third-order valence-corrected chi connectivity index (χ3v) is 38.8. The van der Waals surface area contributed by atoms with Gasteiger partial charge in [-0.2, -0.15) is 0 Å². The van der Waals surface area contributed by atoms with E-state index in [1.807, 2.05) is 3.26 Å². The van der Waals surface area contributed by atoms with Crippen LogP contribution in [0.5, 0.6) is 0 Å². The van der Waals surface area contributed by atoms with Gasteiger partial charge in [0.2, 0.25) is 0 Å². The molecule has 0 nitrogen and oxygen atoms in total. The molecule has 4 aromatic carbocycles. The van der Waals surface area contributed by atoms with E-state index in [2.05, 4.69) is 146 Å². The van der Waals surface area contributed by atoms with E-state index in [0.717, 1.165) is 0 Å². The van der Waals surface area contributed by atoms with Crippen LogP contribution in [0.4, 0.5) is 0 Å². The van der Waals surface area contributed by atoms with Crippen molar-refractivity contribution in [3.05, 3.63) is 130 Å². The van der Waals surface area contributed by atoms with Gasteiger partial charge in [-0.1, -0.05) is 0 Å². The molecule has 0 heterocycles. The van der Waals surface area contributed by atoms with Gasteiger partial charge in [0.15, 0.2) is 0 Å². The molecule has 1 saturated carbocycles. The van der Waals surface area contributed by atoms with Crippen LogP contribution in [0.2, 0.25) is 9.36 Å². The second kappa shape index (κ2) is 10.6. The van der Waals surface area contributed by atoms with Gasteiger partial charge in [-0.15, -0.1) is 0 Å². The molecule has 43 heavy (non-hydrogen) atoms. The third kappa shape index (κ3) is 4.52. The second-order valence-electron chi connectivity index (χ2n) is 14.9. The zero-order chi connectivity index (χ0) is 30.0. The number of fused-ring (bicyclic) bond motifs is 2. The Morgan fingerprint density at radius 1 is 0.581 bits per heavy atom. The number of rotatable bonds is 6. The Hall–Kier alpha value is -2.90. The van der Waals surface area contributed by atoms with E-state index in [-0.39, 0.29) is 0 Å². The van der Waals surface area contributed by atoms with Crippen molar-refractivity contribution in [1.29, 1.82) is 0 Å². The molecule has 0 saturated heterocycles. The molecule has 3 aliphatic rings. The van der Waals surface area contributed by atoms with E-state index in [9.17, 15) is 0 Å². The zero-order valence-corrected chi connectivity index (χ0v) is 30.4. The number of allylic oxidation sites excluding steroid dienone is 2. The summed E-state index contributed by atoms with van der Waals surface area (Å²) in [6.07, 6.45) is 14.3. The maximum atomic E-state index is 2.82. The Labute approximate surface area is 260 Å². The van der Waals surface area contributed by atoms with Crippen LogP contribution in [0.25, 0.3) is 34.4 Å². The number of hydrogen-bond donors (Lipinski definition) is 0. The van der Waals surface area contributed by atoms with Gasteiger partial charge in [0.25, 0.3) is 0 Å². The van der Waals surface area contributed by atoms with Crippen molar-refractivity contribution in [2.45, 2.75) is 75.5 Å². The van der Waals surface area contributed by atoms with Gasteiger partial charge >= 0.3 is 262 Å². The van der Waals surface area contributed by atoms with Crippen molar-refractivity contribution in [3.63, 3.8) is 0 Å². The first-order valence-corrected chi connectivity index (χ1v) is 29.7. The predicted octanol–water partition coefficient (Wildman–Crippen LogP) is 12.2. The molecule has 0 radical (unpaired) electrons. The van der Waals surface area contributed by atoms with Gasteiger partial charge < -0.3 is 0 Å². The molecule has 2 unspecified atom stereocenters. The minimum atomic E-state index is -3.86. The van der Waals surface area contributed by atoms with Crippen molar-refractivity contribution < 1.29 is 18.0 Å². The normalized spacial score (nSPS) is 19.2. The average Bonchev–Trinajstić information content (AvgIpc) is 3.62. The van der Waals surface area contributed by atoms with E-state index in [4.69, 9.17) is 0 Å². The first-order chi connectivity index (χ1) is 20.7. The Balaban J connectivity index is 1.36. The van der Waals surface area contributed by atoms with Crippen LogP contribution in [-0.4, -0.2) is 3.26 Å². The van der Waals surface area contributed by atoms with E-state index < -0.39 is 18.0 Å². The molecule has 0 bridgehead atoms. The minimum absolute atomic E-state index is 0.529. The molecule has 218 valence electrons. The summed E-state index contributed by atoms with van der Waals surface area (Å²) in [5, 5.41) is 0. The van der Waals surface area contributed by atoms with Crippen LogP contribution in [-0.2, 0) is 18.0 Å². The van der Waals surface area contributed by atoms with E-state index in [0.29, 0.717) is 19.2 Å². The molecule has 2 atom stereocenters. The number of hydrogen-bond acceptors (Lipinski definition) is 0. The van der Waals surface area contributed by atoms with Crippen LogP contribution in [0.1, 0.15) is 99.5 Å². The first kappa shape index (κ1) is 28.8. The van der Waals surface area contributed by atoms with Crippen LogP contribution >= 0.6 is 0 Å². The molecule has 0 spiro atoms.